The molecule has 0 bridgehead atoms. The molecule has 0 aromatic heterocycles. The second kappa shape index (κ2) is 7.09. The Hall–Kier alpha value is -2.37. The largest absolute Gasteiger partial charge is 0.480 e. The minimum Gasteiger partial charge on any atom is -0.480 e. The van der Waals surface area contributed by atoms with Crippen molar-refractivity contribution in [3.05, 3.63) is 28.8 Å². The Morgan fingerprint density at radius 3 is 2.38 bits per heavy atom. The molecule has 2 unspecified atom stereocenters. The Morgan fingerprint density at radius 1 is 1.12 bits per heavy atom. The van der Waals surface area contributed by atoms with Gasteiger partial charge in [-0.1, -0.05) is 17.7 Å². The van der Waals surface area contributed by atoms with Crippen LogP contribution in [0.4, 0.5) is 5.69 Å². The molecule has 3 rings (SSSR count). The van der Waals surface area contributed by atoms with Crippen molar-refractivity contribution in [3.8, 4) is 0 Å². The van der Waals surface area contributed by atoms with Crippen LogP contribution in [-0.4, -0.2) is 46.9 Å². The van der Waals surface area contributed by atoms with Crippen LogP contribution in [-0.2, 0) is 14.4 Å². The van der Waals surface area contributed by atoms with Crippen molar-refractivity contribution >= 4 is 23.5 Å². The van der Waals surface area contributed by atoms with Crippen LogP contribution in [0.25, 0.3) is 0 Å². The van der Waals surface area contributed by atoms with E-state index < -0.39 is 17.9 Å². The number of aliphatic carboxylic acids is 1. The molecule has 2 atom stereocenters. The summed E-state index contributed by atoms with van der Waals surface area (Å²) in [6, 6.07) is 3.31. The molecule has 2 saturated heterocycles. The van der Waals surface area contributed by atoms with E-state index in [1.165, 1.54) is 4.90 Å². The van der Waals surface area contributed by atoms with Gasteiger partial charge in [-0.05, 0) is 51.2 Å². The second-order valence-corrected chi connectivity index (χ2v) is 7.53. The van der Waals surface area contributed by atoms with Gasteiger partial charge in [0.15, 0.2) is 0 Å². The van der Waals surface area contributed by atoms with Gasteiger partial charge in [0.05, 0.1) is 5.92 Å². The van der Waals surface area contributed by atoms with Crippen molar-refractivity contribution in [2.24, 2.45) is 5.92 Å². The molecule has 6 heteroatoms. The van der Waals surface area contributed by atoms with Gasteiger partial charge in [0.2, 0.25) is 11.8 Å². The van der Waals surface area contributed by atoms with Crippen LogP contribution in [0.2, 0.25) is 0 Å². The van der Waals surface area contributed by atoms with Crippen LogP contribution in [0.5, 0.6) is 0 Å². The molecule has 2 amide bonds. The Morgan fingerprint density at radius 2 is 1.77 bits per heavy atom. The minimum absolute atomic E-state index is 0.0673. The van der Waals surface area contributed by atoms with Crippen LogP contribution in [0.15, 0.2) is 12.1 Å². The van der Waals surface area contributed by atoms with Gasteiger partial charge in [-0.25, -0.2) is 4.79 Å². The Labute approximate surface area is 153 Å². The lowest BCUT2D eigenvalue weighted by Crippen LogP contribution is -2.50. The van der Waals surface area contributed by atoms with Crippen molar-refractivity contribution < 1.29 is 19.5 Å². The van der Waals surface area contributed by atoms with Crippen LogP contribution >= 0.6 is 0 Å². The lowest BCUT2D eigenvalue weighted by Gasteiger charge is -2.34. The molecule has 2 aliphatic heterocycles. The van der Waals surface area contributed by atoms with E-state index in [0.717, 1.165) is 35.2 Å². The number of carboxylic acid groups (broad SMARTS) is 1. The summed E-state index contributed by atoms with van der Waals surface area (Å²) in [5.74, 6) is -1.69. The zero-order valence-electron chi connectivity index (χ0n) is 15.6. The highest BCUT2D eigenvalue weighted by Crippen LogP contribution is 2.33. The van der Waals surface area contributed by atoms with E-state index in [0.29, 0.717) is 19.5 Å². The van der Waals surface area contributed by atoms with E-state index in [9.17, 15) is 19.5 Å². The highest BCUT2D eigenvalue weighted by Gasteiger charge is 2.41. The summed E-state index contributed by atoms with van der Waals surface area (Å²) in [6.45, 7) is 6.75. The van der Waals surface area contributed by atoms with Gasteiger partial charge in [-0.2, -0.15) is 0 Å². The van der Waals surface area contributed by atoms with Gasteiger partial charge >= 0.3 is 5.97 Å². The van der Waals surface area contributed by atoms with E-state index in [-0.39, 0.29) is 18.2 Å². The van der Waals surface area contributed by atoms with Gasteiger partial charge in [-0.3, -0.25) is 9.59 Å². The molecule has 1 N–H and O–H groups in total. The Kier molecular flexibility index (Phi) is 5.03. The highest BCUT2D eigenvalue weighted by atomic mass is 16.4. The van der Waals surface area contributed by atoms with Gasteiger partial charge in [0, 0.05) is 25.2 Å². The molecule has 0 aliphatic carbocycles. The third-order valence-corrected chi connectivity index (χ3v) is 5.45. The van der Waals surface area contributed by atoms with Gasteiger partial charge in [0.1, 0.15) is 6.04 Å². The van der Waals surface area contributed by atoms with Gasteiger partial charge in [0.25, 0.3) is 0 Å². The number of carbonyl (C=O) groups excluding carboxylic acids is 2. The number of aryl methyl sites for hydroxylation is 3. The number of nitrogens with zero attached hydrogens (tertiary/aromatic N) is 2. The molecule has 0 radical (unpaired) electrons. The molecular weight excluding hydrogens is 332 g/mol. The molecule has 26 heavy (non-hydrogen) atoms. The van der Waals surface area contributed by atoms with E-state index in [2.05, 4.69) is 0 Å². The number of rotatable bonds is 3. The van der Waals surface area contributed by atoms with Crippen molar-refractivity contribution in [1.82, 2.24) is 4.90 Å². The zero-order chi connectivity index (χ0) is 19.0. The van der Waals surface area contributed by atoms with Crippen LogP contribution in [0, 0.1) is 26.7 Å². The number of likely N-dealkylation sites (tertiary alicyclic amines) is 1. The van der Waals surface area contributed by atoms with Crippen molar-refractivity contribution in [3.63, 3.8) is 0 Å². The maximum absolute atomic E-state index is 12.9. The molecule has 2 fully saturated rings. The quantitative estimate of drug-likeness (QED) is 0.900. The van der Waals surface area contributed by atoms with Gasteiger partial charge in [-0.15, -0.1) is 0 Å². The third-order valence-electron chi connectivity index (χ3n) is 5.45. The first kappa shape index (κ1) is 18.4. The SMILES string of the molecule is Cc1cc(C)c(N2CC(C(=O)N3CCCCC3C(=O)O)CC2=O)c(C)c1. The van der Waals surface area contributed by atoms with E-state index in [4.69, 9.17) is 0 Å². The van der Waals surface area contributed by atoms with Gasteiger partial charge < -0.3 is 14.9 Å². The summed E-state index contributed by atoms with van der Waals surface area (Å²) < 4.78 is 0. The molecule has 0 saturated carbocycles. The summed E-state index contributed by atoms with van der Waals surface area (Å²) in [5.41, 5.74) is 4.06. The molecule has 1 aromatic rings. The number of hydrogen-bond donors (Lipinski definition) is 1. The highest BCUT2D eigenvalue weighted by molar-refractivity contribution is 6.01. The number of carbonyl (C=O) groups is 3. The molecule has 140 valence electrons. The molecular formula is C20H26N2O4. The number of amides is 2. The summed E-state index contributed by atoms with van der Waals surface area (Å²) in [7, 11) is 0. The Balaban J connectivity index is 1.81. The maximum Gasteiger partial charge on any atom is 0.326 e. The summed E-state index contributed by atoms with van der Waals surface area (Å²) in [4.78, 5) is 40.2. The summed E-state index contributed by atoms with van der Waals surface area (Å²) in [6.07, 6.45) is 2.27. The number of carboxylic acids is 1. The molecule has 1 aromatic carbocycles. The first-order valence-electron chi connectivity index (χ1n) is 9.21. The number of piperidine rings is 1. The normalized spacial score (nSPS) is 23.4. The fourth-order valence-electron chi connectivity index (χ4n) is 4.37. The zero-order valence-corrected chi connectivity index (χ0v) is 15.6. The predicted molar refractivity (Wildman–Crippen MR) is 98.1 cm³/mol. The van der Waals surface area contributed by atoms with E-state index in [1.54, 1.807) is 4.90 Å². The van der Waals surface area contributed by atoms with Crippen LogP contribution in [0.3, 0.4) is 0 Å². The summed E-state index contributed by atoms with van der Waals surface area (Å²) in [5, 5.41) is 9.41. The van der Waals surface area contributed by atoms with Crippen LogP contribution in [0.1, 0.15) is 42.4 Å². The molecule has 2 aliphatic rings. The number of hydrogen-bond acceptors (Lipinski definition) is 3. The number of anilines is 1. The molecule has 6 nitrogen and oxygen atoms in total. The maximum atomic E-state index is 12.9. The Bertz CT molecular complexity index is 735. The first-order valence-corrected chi connectivity index (χ1v) is 9.21. The lowest BCUT2D eigenvalue weighted by atomic mass is 9.98. The van der Waals surface area contributed by atoms with E-state index >= 15 is 0 Å². The third kappa shape index (κ3) is 3.32. The minimum atomic E-state index is -0.954. The lowest BCUT2D eigenvalue weighted by molar-refractivity contribution is -0.153. The summed E-state index contributed by atoms with van der Waals surface area (Å²) >= 11 is 0. The van der Waals surface area contributed by atoms with E-state index in [1.807, 2.05) is 32.9 Å². The average Bonchev–Trinajstić information content (AvgIpc) is 2.95. The standard InChI is InChI=1S/C20H26N2O4/c1-12-8-13(2)18(14(3)9-12)22-11-15(10-17(22)23)19(24)21-7-5-4-6-16(21)20(25)26/h8-9,15-16H,4-7,10-11H2,1-3H3,(H,25,26). The second-order valence-electron chi connectivity index (χ2n) is 7.53. The average molecular weight is 358 g/mol. The smallest absolute Gasteiger partial charge is 0.326 e. The topological polar surface area (TPSA) is 77.9 Å². The van der Waals surface area contributed by atoms with Crippen molar-refractivity contribution in [2.45, 2.75) is 52.5 Å². The molecule has 0 spiro atoms. The monoisotopic (exact) mass is 358 g/mol. The van der Waals surface area contributed by atoms with Crippen molar-refractivity contribution in [2.75, 3.05) is 18.0 Å². The predicted octanol–water partition coefficient (Wildman–Crippen LogP) is 2.43. The number of benzene rings is 1. The fourth-order valence-corrected chi connectivity index (χ4v) is 4.37. The first-order chi connectivity index (χ1) is 12.3. The van der Waals surface area contributed by atoms with Crippen LogP contribution < -0.4 is 4.90 Å². The van der Waals surface area contributed by atoms with Crippen molar-refractivity contribution in [1.29, 1.82) is 0 Å². The molecule has 2 heterocycles. The fraction of sp³-hybridized carbons (Fsp3) is 0.550.